The normalized spacial score (nSPS) is 16.4. The topological polar surface area (TPSA) is 56.2 Å². The number of amides is 1. The molecule has 1 aromatic heterocycles. The Morgan fingerprint density at radius 1 is 1.32 bits per heavy atom. The van der Waals surface area contributed by atoms with Crippen LogP contribution in [0.25, 0.3) is 0 Å². The lowest BCUT2D eigenvalue weighted by molar-refractivity contribution is -0.125. The van der Waals surface area contributed by atoms with Crippen LogP contribution >= 0.6 is 0 Å². The van der Waals surface area contributed by atoms with Crippen LogP contribution in [0.1, 0.15) is 29.9 Å². The number of nitrogens with one attached hydrogen (secondary N) is 1. The summed E-state index contributed by atoms with van der Waals surface area (Å²) in [4.78, 5) is 16.6. The average Bonchev–Trinajstić information content (AvgIpc) is 3.02. The van der Waals surface area contributed by atoms with Crippen molar-refractivity contribution >= 4 is 5.91 Å². The van der Waals surface area contributed by atoms with Crippen molar-refractivity contribution in [3.63, 3.8) is 0 Å². The Labute approximate surface area is 149 Å². The minimum Gasteiger partial charge on any atom is -0.381 e. The molecule has 0 spiro atoms. The number of hydrogen-bond acceptors (Lipinski definition) is 3. The Morgan fingerprint density at radius 3 is 3.00 bits per heavy atom. The quantitative estimate of drug-likeness (QED) is 0.751. The number of nitrogens with zero attached hydrogens (tertiary/aromatic N) is 2. The van der Waals surface area contributed by atoms with Crippen LogP contribution < -0.4 is 5.32 Å². The highest BCUT2D eigenvalue weighted by atomic mass is 16.5. The molecule has 0 fully saturated rings. The number of rotatable bonds is 8. The molecule has 1 aliphatic rings. The monoisotopic (exact) mass is 341 g/mol. The molecule has 0 saturated carbocycles. The smallest absolute Gasteiger partial charge is 0.223 e. The van der Waals surface area contributed by atoms with Crippen molar-refractivity contribution in [1.82, 2.24) is 14.9 Å². The molecule has 5 nitrogen and oxygen atoms in total. The summed E-state index contributed by atoms with van der Waals surface area (Å²) in [5.74, 6) is 1.28. The molecular formula is C20H27N3O2. The van der Waals surface area contributed by atoms with Crippen molar-refractivity contribution in [3.8, 4) is 0 Å². The van der Waals surface area contributed by atoms with Gasteiger partial charge in [-0.05, 0) is 31.7 Å². The van der Waals surface area contributed by atoms with Crippen LogP contribution in [-0.4, -0.2) is 35.2 Å². The largest absolute Gasteiger partial charge is 0.381 e. The first-order valence-corrected chi connectivity index (χ1v) is 9.14. The van der Waals surface area contributed by atoms with Crippen molar-refractivity contribution in [2.45, 2.75) is 39.2 Å². The predicted octanol–water partition coefficient (Wildman–Crippen LogP) is 2.52. The van der Waals surface area contributed by atoms with Gasteiger partial charge < -0.3 is 14.6 Å². The fourth-order valence-electron chi connectivity index (χ4n) is 3.31. The molecule has 5 heteroatoms. The number of aryl methyl sites for hydroxylation is 1. The van der Waals surface area contributed by atoms with Gasteiger partial charge in [0.2, 0.25) is 5.91 Å². The zero-order valence-electron chi connectivity index (χ0n) is 14.9. The van der Waals surface area contributed by atoms with E-state index in [0.717, 1.165) is 44.7 Å². The molecule has 3 rings (SSSR count). The van der Waals surface area contributed by atoms with Gasteiger partial charge in [0.1, 0.15) is 5.82 Å². The predicted molar refractivity (Wildman–Crippen MR) is 97.4 cm³/mol. The van der Waals surface area contributed by atoms with E-state index in [-0.39, 0.29) is 11.8 Å². The lowest BCUT2D eigenvalue weighted by atomic mass is 9.95. The van der Waals surface area contributed by atoms with Gasteiger partial charge in [-0.25, -0.2) is 4.98 Å². The van der Waals surface area contributed by atoms with Gasteiger partial charge in [-0.3, -0.25) is 4.79 Å². The second-order valence-corrected chi connectivity index (χ2v) is 6.63. The molecule has 1 atom stereocenters. The third-order valence-corrected chi connectivity index (χ3v) is 4.81. The van der Waals surface area contributed by atoms with Gasteiger partial charge in [0.05, 0.1) is 6.61 Å². The van der Waals surface area contributed by atoms with Crippen LogP contribution in [-0.2, 0) is 28.9 Å². The third-order valence-electron chi connectivity index (χ3n) is 4.81. The molecule has 1 aromatic carbocycles. The minimum absolute atomic E-state index is 0.0719. The molecule has 134 valence electrons. The van der Waals surface area contributed by atoms with Gasteiger partial charge in [-0.15, -0.1) is 0 Å². The molecule has 2 aromatic rings. The molecule has 1 unspecified atom stereocenters. The molecular weight excluding hydrogens is 314 g/mol. The molecule has 0 radical (unpaired) electrons. The number of carbonyl (C=O) groups excluding carboxylic acids is 1. The Balaban J connectivity index is 1.27. The summed E-state index contributed by atoms with van der Waals surface area (Å²) in [6.45, 7) is 5.00. The van der Waals surface area contributed by atoms with E-state index < -0.39 is 0 Å². The summed E-state index contributed by atoms with van der Waals surface area (Å²) in [5.41, 5.74) is 2.47. The van der Waals surface area contributed by atoms with E-state index in [1.165, 1.54) is 11.3 Å². The highest BCUT2D eigenvalue weighted by Gasteiger charge is 2.25. The maximum atomic E-state index is 12.3. The SMILES string of the molecule is Cc1ncc2n1CCC(C(=O)NCCCOCCc1ccccc1)C2. The first-order valence-electron chi connectivity index (χ1n) is 9.14. The van der Waals surface area contributed by atoms with E-state index in [0.29, 0.717) is 13.2 Å². The van der Waals surface area contributed by atoms with Gasteiger partial charge in [0.25, 0.3) is 0 Å². The van der Waals surface area contributed by atoms with Crippen molar-refractivity contribution in [2.75, 3.05) is 19.8 Å². The highest BCUT2D eigenvalue weighted by molar-refractivity contribution is 5.79. The highest BCUT2D eigenvalue weighted by Crippen LogP contribution is 2.21. The molecule has 25 heavy (non-hydrogen) atoms. The summed E-state index contributed by atoms with van der Waals surface area (Å²) in [5, 5.41) is 3.05. The molecule has 0 saturated heterocycles. The zero-order valence-corrected chi connectivity index (χ0v) is 14.9. The number of hydrogen-bond donors (Lipinski definition) is 1. The lowest BCUT2D eigenvalue weighted by Gasteiger charge is -2.23. The van der Waals surface area contributed by atoms with Crippen LogP contribution in [0.3, 0.4) is 0 Å². The van der Waals surface area contributed by atoms with Gasteiger partial charge in [0, 0.05) is 43.9 Å². The van der Waals surface area contributed by atoms with Gasteiger partial charge in [-0.2, -0.15) is 0 Å². The molecule has 1 amide bonds. The maximum Gasteiger partial charge on any atom is 0.223 e. The number of aromatic nitrogens is 2. The zero-order chi connectivity index (χ0) is 17.5. The van der Waals surface area contributed by atoms with E-state index in [1.54, 1.807) is 0 Å². The first kappa shape index (κ1) is 17.7. The van der Waals surface area contributed by atoms with Crippen molar-refractivity contribution in [1.29, 1.82) is 0 Å². The number of imidazole rings is 1. The standard InChI is InChI=1S/C20H27N3O2/c1-16-22-15-19-14-18(8-11-23(16)19)20(24)21-10-5-12-25-13-9-17-6-3-2-4-7-17/h2-4,6-7,15,18H,5,8-14H2,1H3,(H,21,24). The summed E-state index contributed by atoms with van der Waals surface area (Å²) >= 11 is 0. The Hall–Kier alpha value is -2.14. The van der Waals surface area contributed by atoms with Crippen LogP contribution in [0.15, 0.2) is 36.5 Å². The fourth-order valence-corrected chi connectivity index (χ4v) is 3.31. The van der Waals surface area contributed by atoms with Crippen LogP contribution in [0.2, 0.25) is 0 Å². The Morgan fingerprint density at radius 2 is 2.16 bits per heavy atom. The van der Waals surface area contributed by atoms with Crippen molar-refractivity contribution in [3.05, 3.63) is 53.6 Å². The van der Waals surface area contributed by atoms with Crippen LogP contribution in [0.4, 0.5) is 0 Å². The average molecular weight is 341 g/mol. The van der Waals surface area contributed by atoms with Gasteiger partial charge in [-0.1, -0.05) is 30.3 Å². The molecule has 2 heterocycles. The first-order chi connectivity index (χ1) is 12.2. The van der Waals surface area contributed by atoms with Gasteiger partial charge >= 0.3 is 0 Å². The molecule has 1 aliphatic heterocycles. The third kappa shape index (κ3) is 4.92. The van der Waals surface area contributed by atoms with Crippen molar-refractivity contribution < 1.29 is 9.53 Å². The number of fused-ring (bicyclic) bond motifs is 1. The molecule has 0 aliphatic carbocycles. The fraction of sp³-hybridized carbons (Fsp3) is 0.500. The Kier molecular flexibility index (Phi) is 6.23. The second kappa shape index (κ2) is 8.81. The second-order valence-electron chi connectivity index (χ2n) is 6.63. The van der Waals surface area contributed by atoms with Crippen molar-refractivity contribution in [2.24, 2.45) is 5.92 Å². The molecule has 1 N–H and O–H groups in total. The summed E-state index contributed by atoms with van der Waals surface area (Å²) < 4.78 is 7.86. The number of ether oxygens (including phenoxy) is 1. The maximum absolute atomic E-state index is 12.3. The minimum atomic E-state index is 0.0719. The van der Waals surface area contributed by atoms with Gasteiger partial charge in [0.15, 0.2) is 0 Å². The van der Waals surface area contributed by atoms with E-state index in [2.05, 4.69) is 27.0 Å². The summed E-state index contributed by atoms with van der Waals surface area (Å²) in [6, 6.07) is 10.3. The summed E-state index contributed by atoms with van der Waals surface area (Å²) in [6.07, 6.45) is 5.37. The van der Waals surface area contributed by atoms with E-state index in [4.69, 9.17) is 4.74 Å². The number of carbonyl (C=O) groups is 1. The number of benzene rings is 1. The van der Waals surface area contributed by atoms with E-state index in [1.807, 2.05) is 31.3 Å². The van der Waals surface area contributed by atoms with E-state index in [9.17, 15) is 4.79 Å². The lowest BCUT2D eigenvalue weighted by Crippen LogP contribution is -2.36. The Bertz CT molecular complexity index is 682. The van der Waals surface area contributed by atoms with Crippen LogP contribution in [0, 0.1) is 12.8 Å². The van der Waals surface area contributed by atoms with Crippen LogP contribution in [0.5, 0.6) is 0 Å². The molecule has 0 bridgehead atoms. The summed E-state index contributed by atoms with van der Waals surface area (Å²) in [7, 11) is 0. The van der Waals surface area contributed by atoms with E-state index >= 15 is 0 Å².